The minimum absolute atomic E-state index is 0.838. The van der Waals surface area contributed by atoms with Gasteiger partial charge < -0.3 is 0 Å². The molecule has 5 rings (SSSR count). The molecule has 4 atom stereocenters. The van der Waals surface area contributed by atoms with Gasteiger partial charge in [-0.15, -0.1) is 0 Å². The topological polar surface area (TPSA) is 0 Å². The van der Waals surface area contributed by atoms with Crippen molar-refractivity contribution >= 4 is 0 Å². The summed E-state index contributed by atoms with van der Waals surface area (Å²) >= 11 is 0. The van der Waals surface area contributed by atoms with E-state index in [0.717, 1.165) is 35.5 Å². The zero-order valence-corrected chi connectivity index (χ0v) is 14.9. The lowest BCUT2D eigenvalue weighted by Crippen LogP contribution is -2.33. The van der Waals surface area contributed by atoms with E-state index in [1.165, 1.54) is 36.8 Å². The third-order valence-electron chi connectivity index (χ3n) is 7.54. The number of fused-ring (bicyclic) bond motifs is 6. The summed E-state index contributed by atoms with van der Waals surface area (Å²) in [4.78, 5) is 0. The van der Waals surface area contributed by atoms with E-state index < -0.39 is 0 Å². The lowest BCUT2D eigenvalue weighted by Gasteiger charge is -2.42. The van der Waals surface area contributed by atoms with Crippen LogP contribution in [0, 0.1) is 37.5 Å². The van der Waals surface area contributed by atoms with Crippen LogP contribution < -0.4 is 0 Å². The minimum Gasteiger partial charge on any atom is -0.0590 e. The standard InChI is InChI=1S/C24H28/c1-15-3-7-17(8-4-15)23-19-11-12-20(23)22-14-13-21(19)24(22)18-9-5-16(2)6-10-18/h3-10,19-24H,11-14H2,1-2H3. The number of rotatable bonds is 2. The molecule has 2 aromatic carbocycles. The van der Waals surface area contributed by atoms with Gasteiger partial charge in [0.25, 0.3) is 0 Å². The first-order valence-corrected chi connectivity index (χ1v) is 9.85. The average Bonchev–Trinajstić information content (AvgIpc) is 3.11. The van der Waals surface area contributed by atoms with Crippen LogP contribution in [0.3, 0.4) is 0 Å². The second-order valence-corrected chi connectivity index (χ2v) is 8.68. The Labute approximate surface area is 146 Å². The zero-order chi connectivity index (χ0) is 16.3. The van der Waals surface area contributed by atoms with Gasteiger partial charge in [0.2, 0.25) is 0 Å². The fourth-order valence-electron chi connectivity index (χ4n) is 6.61. The van der Waals surface area contributed by atoms with Gasteiger partial charge in [-0.2, -0.15) is 0 Å². The van der Waals surface area contributed by atoms with E-state index in [4.69, 9.17) is 0 Å². The summed E-state index contributed by atoms with van der Waals surface area (Å²) in [6.45, 7) is 4.41. The van der Waals surface area contributed by atoms with Crippen molar-refractivity contribution in [2.45, 2.75) is 51.4 Å². The molecule has 0 aliphatic heterocycles. The van der Waals surface area contributed by atoms with E-state index >= 15 is 0 Å². The fraction of sp³-hybridized carbons (Fsp3) is 0.500. The molecule has 3 aliphatic carbocycles. The molecule has 0 saturated heterocycles. The molecule has 124 valence electrons. The second-order valence-electron chi connectivity index (χ2n) is 8.68. The van der Waals surface area contributed by atoms with E-state index in [9.17, 15) is 0 Å². The number of benzene rings is 2. The molecule has 24 heavy (non-hydrogen) atoms. The van der Waals surface area contributed by atoms with Gasteiger partial charge in [-0.1, -0.05) is 59.7 Å². The molecule has 3 saturated carbocycles. The Balaban J connectivity index is 1.51. The Hall–Kier alpha value is -1.56. The van der Waals surface area contributed by atoms with Gasteiger partial charge in [0.05, 0.1) is 0 Å². The van der Waals surface area contributed by atoms with Crippen molar-refractivity contribution in [1.82, 2.24) is 0 Å². The van der Waals surface area contributed by atoms with Crippen molar-refractivity contribution < 1.29 is 0 Å². The Kier molecular flexibility index (Phi) is 3.37. The molecule has 4 bridgehead atoms. The summed E-state index contributed by atoms with van der Waals surface area (Å²) in [5.41, 5.74) is 6.05. The van der Waals surface area contributed by atoms with Gasteiger partial charge in [0, 0.05) is 0 Å². The molecule has 0 nitrogen and oxygen atoms in total. The highest BCUT2D eigenvalue weighted by Gasteiger charge is 2.57. The lowest BCUT2D eigenvalue weighted by molar-refractivity contribution is 0.168. The molecule has 0 heteroatoms. The molecule has 0 aromatic heterocycles. The van der Waals surface area contributed by atoms with E-state index in [1.807, 2.05) is 0 Å². The van der Waals surface area contributed by atoms with Crippen LogP contribution in [0.5, 0.6) is 0 Å². The maximum Gasteiger partial charge on any atom is -0.00995 e. The highest BCUT2D eigenvalue weighted by Crippen LogP contribution is 2.67. The molecule has 3 aliphatic rings. The van der Waals surface area contributed by atoms with E-state index in [-0.39, 0.29) is 0 Å². The van der Waals surface area contributed by atoms with Gasteiger partial charge in [-0.25, -0.2) is 0 Å². The molecule has 3 fully saturated rings. The molecular weight excluding hydrogens is 288 g/mol. The zero-order valence-electron chi connectivity index (χ0n) is 14.9. The molecule has 0 heterocycles. The summed E-state index contributed by atoms with van der Waals surface area (Å²) in [6.07, 6.45) is 5.86. The number of hydrogen-bond acceptors (Lipinski definition) is 0. The van der Waals surface area contributed by atoms with Crippen LogP contribution in [0.1, 0.15) is 59.8 Å². The molecule has 0 spiro atoms. The highest BCUT2D eigenvalue weighted by atomic mass is 14.6. The van der Waals surface area contributed by atoms with Crippen LogP contribution in [-0.2, 0) is 0 Å². The van der Waals surface area contributed by atoms with Crippen LogP contribution >= 0.6 is 0 Å². The maximum atomic E-state index is 2.43. The average molecular weight is 316 g/mol. The summed E-state index contributed by atoms with van der Waals surface area (Å²) in [5.74, 6) is 5.35. The fourth-order valence-corrected chi connectivity index (χ4v) is 6.61. The monoisotopic (exact) mass is 316 g/mol. The Morgan fingerprint density at radius 3 is 1.08 bits per heavy atom. The van der Waals surface area contributed by atoms with Gasteiger partial charge in [-0.05, 0) is 86.2 Å². The van der Waals surface area contributed by atoms with E-state index in [1.54, 1.807) is 11.1 Å². The quantitative estimate of drug-likeness (QED) is 0.615. The Morgan fingerprint density at radius 2 is 0.792 bits per heavy atom. The maximum absolute atomic E-state index is 2.43. The van der Waals surface area contributed by atoms with Crippen LogP contribution in [-0.4, -0.2) is 0 Å². The first kappa shape index (κ1) is 14.8. The molecule has 2 aromatic rings. The van der Waals surface area contributed by atoms with Crippen molar-refractivity contribution in [3.8, 4) is 0 Å². The van der Waals surface area contributed by atoms with Crippen molar-refractivity contribution in [2.24, 2.45) is 23.7 Å². The first-order chi connectivity index (χ1) is 11.7. The van der Waals surface area contributed by atoms with Gasteiger partial charge in [-0.3, -0.25) is 0 Å². The third-order valence-corrected chi connectivity index (χ3v) is 7.54. The Morgan fingerprint density at radius 1 is 0.500 bits per heavy atom. The van der Waals surface area contributed by atoms with Crippen LogP contribution in [0.25, 0.3) is 0 Å². The molecule has 4 unspecified atom stereocenters. The number of aryl methyl sites for hydroxylation is 2. The minimum atomic E-state index is 0.838. The number of hydrogen-bond donors (Lipinski definition) is 0. The van der Waals surface area contributed by atoms with Gasteiger partial charge >= 0.3 is 0 Å². The molecule has 0 radical (unpaired) electrons. The summed E-state index contributed by atoms with van der Waals surface area (Å²) in [7, 11) is 0. The van der Waals surface area contributed by atoms with Crippen LogP contribution in [0.4, 0.5) is 0 Å². The predicted octanol–water partition coefficient (Wildman–Crippen LogP) is 6.24. The molecular formula is C24H28. The summed E-state index contributed by atoms with van der Waals surface area (Å²) in [5, 5.41) is 0. The van der Waals surface area contributed by atoms with Crippen molar-refractivity contribution in [2.75, 3.05) is 0 Å². The second kappa shape index (κ2) is 5.48. The van der Waals surface area contributed by atoms with Crippen LogP contribution in [0.15, 0.2) is 48.5 Å². The van der Waals surface area contributed by atoms with Crippen molar-refractivity contribution in [1.29, 1.82) is 0 Å². The summed E-state index contributed by atoms with van der Waals surface area (Å²) in [6, 6.07) is 19.0. The van der Waals surface area contributed by atoms with E-state index in [0.29, 0.717) is 0 Å². The largest absolute Gasteiger partial charge is 0.0590 e. The first-order valence-electron chi connectivity index (χ1n) is 9.85. The molecule has 0 amide bonds. The smallest absolute Gasteiger partial charge is 0.00995 e. The SMILES string of the molecule is Cc1ccc(C2C3CCC2C2CCC3C2c2ccc(C)cc2)cc1. The van der Waals surface area contributed by atoms with Crippen molar-refractivity contribution in [3.05, 3.63) is 70.8 Å². The third kappa shape index (κ3) is 2.11. The Bertz CT molecular complexity index is 638. The molecule has 0 N–H and O–H groups in total. The lowest BCUT2D eigenvalue weighted by atomic mass is 9.62. The predicted molar refractivity (Wildman–Crippen MR) is 100 cm³/mol. The van der Waals surface area contributed by atoms with Crippen molar-refractivity contribution in [3.63, 3.8) is 0 Å². The summed E-state index contributed by atoms with van der Waals surface area (Å²) < 4.78 is 0. The van der Waals surface area contributed by atoms with E-state index in [2.05, 4.69) is 62.4 Å². The normalized spacial score (nSPS) is 36.9. The van der Waals surface area contributed by atoms with Gasteiger partial charge in [0.15, 0.2) is 0 Å². The van der Waals surface area contributed by atoms with Crippen LogP contribution in [0.2, 0.25) is 0 Å². The van der Waals surface area contributed by atoms with Gasteiger partial charge in [0.1, 0.15) is 0 Å². The highest BCUT2D eigenvalue weighted by molar-refractivity contribution is 5.34.